The lowest BCUT2D eigenvalue weighted by atomic mass is 10.0. The number of amides is 1. The highest BCUT2D eigenvalue weighted by molar-refractivity contribution is 7.47. The van der Waals surface area contributed by atoms with Gasteiger partial charge in [0.2, 0.25) is 5.91 Å². The van der Waals surface area contributed by atoms with Crippen molar-refractivity contribution in [2.75, 3.05) is 19.8 Å². The first-order valence-corrected chi connectivity index (χ1v) is 22.4. The molecule has 0 aromatic heterocycles. The largest absolute Gasteiger partial charge is 0.472 e. The Kier molecular flexibility index (Phi) is 37.6. The van der Waals surface area contributed by atoms with Gasteiger partial charge in [0.05, 0.1) is 25.4 Å². The summed E-state index contributed by atoms with van der Waals surface area (Å²) in [5, 5.41) is 13.7. The molecule has 0 aliphatic heterocycles. The number of aliphatic hydroxyl groups is 1. The summed E-state index contributed by atoms with van der Waals surface area (Å²) in [5.41, 5.74) is 5.37. The van der Waals surface area contributed by atoms with E-state index in [1.807, 2.05) is 0 Å². The first-order chi connectivity index (χ1) is 25.4. The average Bonchev–Trinajstić information content (AvgIpc) is 3.13. The zero-order chi connectivity index (χ0) is 38.2. The van der Waals surface area contributed by atoms with Crippen LogP contribution in [0.1, 0.15) is 174 Å². The molecule has 0 saturated heterocycles. The van der Waals surface area contributed by atoms with Crippen LogP contribution < -0.4 is 11.1 Å². The number of rotatable bonds is 38. The van der Waals surface area contributed by atoms with E-state index < -0.39 is 20.0 Å². The smallest absolute Gasteiger partial charge is 0.391 e. The molecule has 0 aromatic rings. The van der Waals surface area contributed by atoms with E-state index in [0.717, 1.165) is 89.9 Å². The first-order valence-electron chi connectivity index (χ1n) is 20.9. The fraction of sp³-hybridized carbons (Fsp3) is 0.744. The molecular weight excluding hydrogens is 671 g/mol. The Morgan fingerprint density at radius 3 is 1.63 bits per heavy atom. The minimum Gasteiger partial charge on any atom is -0.391 e. The van der Waals surface area contributed by atoms with Crippen LogP contribution >= 0.6 is 7.82 Å². The Morgan fingerprint density at radius 1 is 0.654 bits per heavy atom. The van der Waals surface area contributed by atoms with Crippen LogP contribution in [0, 0.1) is 0 Å². The van der Waals surface area contributed by atoms with E-state index in [4.69, 9.17) is 14.8 Å². The van der Waals surface area contributed by atoms with E-state index in [0.29, 0.717) is 12.8 Å². The van der Waals surface area contributed by atoms with E-state index in [9.17, 15) is 19.4 Å². The van der Waals surface area contributed by atoms with Crippen LogP contribution in [-0.2, 0) is 18.4 Å². The topological polar surface area (TPSA) is 131 Å². The number of unbranched alkanes of at least 4 members (excludes halogenated alkanes) is 16. The molecule has 0 radical (unpaired) electrons. The van der Waals surface area contributed by atoms with Crippen molar-refractivity contribution >= 4 is 13.7 Å². The zero-order valence-electron chi connectivity index (χ0n) is 33.3. The van der Waals surface area contributed by atoms with Gasteiger partial charge in [-0.1, -0.05) is 171 Å². The number of hydrogen-bond acceptors (Lipinski definition) is 6. The number of phosphoric ester groups is 1. The molecule has 3 atom stereocenters. The Morgan fingerprint density at radius 2 is 1.12 bits per heavy atom. The summed E-state index contributed by atoms with van der Waals surface area (Å²) in [4.78, 5) is 22.7. The molecular formula is C43H79N2O6P. The maximum atomic E-state index is 12.8. The van der Waals surface area contributed by atoms with Gasteiger partial charge >= 0.3 is 7.82 Å². The van der Waals surface area contributed by atoms with E-state index in [-0.39, 0.29) is 25.7 Å². The molecule has 0 saturated carbocycles. The molecule has 0 aromatic carbocycles. The molecule has 8 nitrogen and oxygen atoms in total. The van der Waals surface area contributed by atoms with Crippen molar-refractivity contribution in [1.82, 2.24) is 5.32 Å². The van der Waals surface area contributed by atoms with Gasteiger partial charge in [-0.05, 0) is 57.8 Å². The van der Waals surface area contributed by atoms with E-state index in [2.05, 4.69) is 79.9 Å². The summed E-state index contributed by atoms with van der Waals surface area (Å²) in [6.45, 7) is 4.06. The number of phosphoric acid groups is 1. The van der Waals surface area contributed by atoms with Gasteiger partial charge in [0.1, 0.15) is 0 Å². The molecule has 9 heteroatoms. The summed E-state index contributed by atoms with van der Waals surface area (Å²) >= 11 is 0. The Balaban J connectivity index is 4.22. The number of hydrogen-bond donors (Lipinski definition) is 4. The summed E-state index contributed by atoms with van der Waals surface area (Å²) < 4.78 is 22.1. The van der Waals surface area contributed by atoms with Crippen molar-refractivity contribution in [2.45, 2.75) is 187 Å². The lowest BCUT2D eigenvalue weighted by molar-refractivity contribution is -0.123. The molecule has 52 heavy (non-hydrogen) atoms. The standard InChI is InChI=1S/C43H79N2O6P/c1-3-5-7-9-11-13-15-17-18-19-20-21-22-23-24-25-27-29-31-33-35-37-43(47)45-41(40-51-52(48,49)50-39-38-44)42(46)36-34-32-30-28-26-16-14-12-10-8-6-4-2/h5,7,11,13,17-18,20-21,23-24,41-42,46H,3-4,6,8-10,12,14-16,19,22,25-40,44H2,1-2H3,(H,45,47)(H,48,49)/b7-5-,13-11-,18-17-,21-20-,24-23-. The maximum Gasteiger partial charge on any atom is 0.472 e. The molecule has 0 heterocycles. The minimum atomic E-state index is -4.32. The van der Waals surface area contributed by atoms with Crippen molar-refractivity contribution in [1.29, 1.82) is 0 Å². The Labute approximate surface area is 319 Å². The molecule has 1 amide bonds. The van der Waals surface area contributed by atoms with Gasteiger partial charge in [-0.15, -0.1) is 0 Å². The number of nitrogens with two attached hydrogens (primary N) is 1. The van der Waals surface area contributed by atoms with Crippen molar-refractivity contribution in [2.24, 2.45) is 5.73 Å². The third-order valence-corrected chi connectivity index (χ3v) is 9.87. The summed E-state index contributed by atoms with van der Waals surface area (Å²) in [6.07, 6.45) is 47.9. The predicted molar refractivity (Wildman–Crippen MR) is 221 cm³/mol. The van der Waals surface area contributed by atoms with Crippen LogP contribution in [0.15, 0.2) is 60.8 Å². The van der Waals surface area contributed by atoms with Gasteiger partial charge in [-0.25, -0.2) is 4.57 Å². The predicted octanol–water partition coefficient (Wildman–Crippen LogP) is 11.5. The molecule has 0 aliphatic carbocycles. The summed E-state index contributed by atoms with van der Waals surface area (Å²) in [5.74, 6) is -0.184. The van der Waals surface area contributed by atoms with Crippen LogP contribution in [0.4, 0.5) is 0 Å². The lowest BCUT2D eigenvalue weighted by Crippen LogP contribution is -2.46. The molecule has 0 aliphatic rings. The van der Waals surface area contributed by atoms with Crippen molar-refractivity contribution in [3.8, 4) is 0 Å². The average molecular weight is 751 g/mol. The van der Waals surface area contributed by atoms with Crippen LogP contribution in [0.25, 0.3) is 0 Å². The van der Waals surface area contributed by atoms with Gasteiger partial charge in [0, 0.05) is 13.0 Å². The number of nitrogens with one attached hydrogen (secondary N) is 1. The SMILES string of the molecule is CC/C=C\C/C=C\C/C=C\C/C=C\C/C=C\CCCCCCCC(=O)NC(COP(=O)(O)OCCN)C(O)CCCCCCCCCCCCCC. The van der Waals surface area contributed by atoms with Gasteiger partial charge in [-0.2, -0.15) is 0 Å². The second-order valence-corrected chi connectivity index (χ2v) is 15.3. The molecule has 0 spiro atoms. The second-order valence-electron chi connectivity index (χ2n) is 13.8. The van der Waals surface area contributed by atoms with Crippen molar-refractivity contribution < 1.29 is 28.4 Å². The summed E-state index contributed by atoms with van der Waals surface area (Å²) in [7, 11) is -4.32. The normalized spacial score (nSPS) is 14.8. The van der Waals surface area contributed by atoms with Crippen molar-refractivity contribution in [3.63, 3.8) is 0 Å². The zero-order valence-corrected chi connectivity index (χ0v) is 34.2. The number of allylic oxidation sites excluding steroid dienone is 10. The number of aliphatic hydroxyl groups excluding tert-OH is 1. The Hall–Kier alpha value is -1.80. The maximum absolute atomic E-state index is 12.8. The molecule has 0 bridgehead atoms. The first kappa shape index (κ1) is 50.2. The van der Waals surface area contributed by atoms with Crippen LogP contribution in [0.3, 0.4) is 0 Å². The molecule has 0 fully saturated rings. The molecule has 0 rings (SSSR count). The van der Waals surface area contributed by atoms with Crippen LogP contribution in [0.5, 0.6) is 0 Å². The van der Waals surface area contributed by atoms with Gasteiger partial charge in [0.15, 0.2) is 0 Å². The number of carbonyl (C=O) groups excluding carboxylic acids is 1. The van der Waals surface area contributed by atoms with Gasteiger partial charge in [0.25, 0.3) is 0 Å². The second kappa shape index (κ2) is 38.9. The van der Waals surface area contributed by atoms with Crippen LogP contribution in [0.2, 0.25) is 0 Å². The summed E-state index contributed by atoms with van der Waals surface area (Å²) in [6, 6.07) is -0.786. The van der Waals surface area contributed by atoms with Crippen molar-refractivity contribution in [3.05, 3.63) is 60.8 Å². The molecule has 5 N–H and O–H groups in total. The molecule has 3 unspecified atom stereocenters. The Bertz CT molecular complexity index is 996. The van der Waals surface area contributed by atoms with E-state index in [1.165, 1.54) is 57.8 Å². The highest BCUT2D eigenvalue weighted by atomic mass is 31.2. The fourth-order valence-electron chi connectivity index (χ4n) is 5.75. The van der Waals surface area contributed by atoms with Gasteiger partial charge < -0.3 is 21.1 Å². The number of carbonyl (C=O) groups is 1. The van der Waals surface area contributed by atoms with E-state index >= 15 is 0 Å². The van der Waals surface area contributed by atoms with Gasteiger partial charge in [-0.3, -0.25) is 13.8 Å². The quantitative estimate of drug-likeness (QED) is 0.0281. The highest BCUT2D eigenvalue weighted by Gasteiger charge is 2.27. The minimum absolute atomic E-state index is 0.0824. The van der Waals surface area contributed by atoms with E-state index in [1.54, 1.807) is 0 Å². The fourth-order valence-corrected chi connectivity index (χ4v) is 6.51. The monoisotopic (exact) mass is 751 g/mol. The lowest BCUT2D eigenvalue weighted by Gasteiger charge is -2.25. The highest BCUT2D eigenvalue weighted by Crippen LogP contribution is 2.43. The van der Waals surface area contributed by atoms with Crippen LogP contribution in [-0.4, -0.2) is 47.8 Å². The molecule has 302 valence electrons. The third kappa shape index (κ3) is 36.6. The third-order valence-electron chi connectivity index (χ3n) is 8.89.